The fraction of sp³-hybridized carbons (Fsp3) is 0.364. The smallest absolute Gasteiger partial charge is 0.185 e. The molecule has 0 bridgehead atoms. The highest BCUT2D eigenvalue weighted by atomic mass is 35.5. The topological polar surface area (TPSA) is 40.5 Å². The second-order valence-corrected chi connectivity index (χ2v) is 4.81. The second-order valence-electron chi connectivity index (χ2n) is 3.97. The third-order valence-electron chi connectivity index (χ3n) is 2.08. The molecule has 0 fully saturated rings. The third-order valence-corrected chi connectivity index (χ3v) is 2.57. The van der Waals surface area contributed by atoms with Crippen LogP contribution in [0, 0.1) is 0 Å². The molecule has 4 nitrogen and oxygen atoms in total. The summed E-state index contributed by atoms with van der Waals surface area (Å²) in [7, 11) is 4.20. The number of anilines is 1. The predicted molar refractivity (Wildman–Crippen MR) is 76.5 cm³/mol. The highest BCUT2D eigenvalue weighted by Crippen LogP contribution is 2.12. The van der Waals surface area contributed by atoms with Crippen LogP contribution in [0.1, 0.15) is 0 Å². The van der Waals surface area contributed by atoms with Crippen molar-refractivity contribution in [2.24, 2.45) is 0 Å². The van der Waals surface area contributed by atoms with E-state index in [9.17, 15) is 0 Å². The van der Waals surface area contributed by atoms with E-state index in [0.717, 1.165) is 18.8 Å². The van der Waals surface area contributed by atoms with Crippen molar-refractivity contribution < 1.29 is 4.90 Å². The lowest BCUT2D eigenvalue weighted by Gasteiger charge is -2.13. The van der Waals surface area contributed by atoms with Crippen LogP contribution >= 0.6 is 23.8 Å². The zero-order valence-corrected chi connectivity index (χ0v) is 11.6. The number of thiocarbonyl (C=S) groups is 1. The molecule has 0 unspecified atom stereocenters. The van der Waals surface area contributed by atoms with E-state index in [1.165, 1.54) is 4.90 Å². The molecule has 0 heterocycles. The van der Waals surface area contributed by atoms with Gasteiger partial charge in [0, 0.05) is 5.02 Å². The standard InChI is InChI=1S/C11H17ClN4S/c1-16(2)8-7-13-11(17)15-14-10-5-3-9(12)4-6-10/h3-6,14H,7-8H2,1-2H3,(H2,13,15,17)/p+1. The van der Waals surface area contributed by atoms with Crippen molar-refractivity contribution >= 4 is 34.6 Å². The number of hydrazine groups is 1. The molecule has 0 saturated heterocycles. The molecule has 0 amide bonds. The van der Waals surface area contributed by atoms with Gasteiger partial charge < -0.3 is 10.2 Å². The van der Waals surface area contributed by atoms with Crippen LogP contribution in [0.2, 0.25) is 5.02 Å². The van der Waals surface area contributed by atoms with Crippen molar-refractivity contribution in [2.45, 2.75) is 0 Å². The summed E-state index contributed by atoms with van der Waals surface area (Å²) in [6.45, 7) is 1.86. The summed E-state index contributed by atoms with van der Waals surface area (Å²) in [4.78, 5) is 1.38. The zero-order chi connectivity index (χ0) is 12.7. The fourth-order valence-corrected chi connectivity index (χ4v) is 1.41. The minimum atomic E-state index is 0.584. The first-order valence-corrected chi connectivity index (χ1v) is 6.21. The summed E-state index contributed by atoms with van der Waals surface area (Å²) < 4.78 is 0. The molecule has 4 N–H and O–H groups in total. The summed E-state index contributed by atoms with van der Waals surface area (Å²) in [5, 5.41) is 4.40. The molecule has 0 aliphatic heterocycles. The highest BCUT2D eigenvalue weighted by Gasteiger charge is 1.97. The van der Waals surface area contributed by atoms with Gasteiger partial charge in [-0.2, -0.15) is 0 Å². The lowest BCUT2D eigenvalue weighted by atomic mass is 10.3. The van der Waals surface area contributed by atoms with Gasteiger partial charge in [-0.3, -0.25) is 10.9 Å². The van der Waals surface area contributed by atoms with Gasteiger partial charge >= 0.3 is 0 Å². The molecule has 1 aromatic rings. The average Bonchev–Trinajstić information content (AvgIpc) is 2.28. The Balaban J connectivity index is 2.21. The summed E-state index contributed by atoms with van der Waals surface area (Å²) in [5.74, 6) is 0. The van der Waals surface area contributed by atoms with Gasteiger partial charge in [0.1, 0.15) is 0 Å². The van der Waals surface area contributed by atoms with Crippen LogP contribution in [0.25, 0.3) is 0 Å². The number of hydrogen-bond donors (Lipinski definition) is 4. The fourth-order valence-electron chi connectivity index (χ4n) is 1.13. The molecule has 17 heavy (non-hydrogen) atoms. The molecule has 0 spiro atoms. The Morgan fingerprint density at radius 3 is 2.53 bits per heavy atom. The van der Waals surface area contributed by atoms with E-state index in [2.05, 4.69) is 30.3 Å². The maximum atomic E-state index is 5.78. The van der Waals surface area contributed by atoms with E-state index in [0.29, 0.717) is 10.1 Å². The molecule has 94 valence electrons. The monoisotopic (exact) mass is 273 g/mol. The second kappa shape index (κ2) is 7.32. The van der Waals surface area contributed by atoms with Crippen LogP contribution in [-0.2, 0) is 0 Å². The molecular formula is C11H18ClN4S+. The summed E-state index contributed by atoms with van der Waals surface area (Å²) in [6.07, 6.45) is 0. The maximum absolute atomic E-state index is 5.78. The minimum Gasteiger partial charge on any atom is -0.356 e. The molecule has 0 aromatic heterocycles. The summed E-state index contributed by atoms with van der Waals surface area (Å²) >= 11 is 10.9. The molecular weight excluding hydrogens is 256 g/mol. The molecule has 0 aliphatic rings. The van der Waals surface area contributed by atoms with Crippen molar-refractivity contribution in [3.05, 3.63) is 29.3 Å². The third kappa shape index (κ3) is 6.31. The quantitative estimate of drug-likeness (QED) is 0.459. The van der Waals surface area contributed by atoms with Crippen molar-refractivity contribution in [1.82, 2.24) is 10.7 Å². The molecule has 0 aliphatic carbocycles. The first-order valence-electron chi connectivity index (χ1n) is 5.42. The first-order chi connectivity index (χ1) is 8.08. The number of halogens is 1. The SMILES string of the molecule is C[NH+](C)CCNC(=S)NNc1ccc(Cl)cc1. The normalized spacial score (nSPS) is 10.1. The van der Waals surface area contributed by atoms with Crippen molar-refractivity contribution in [3.8, 4) is 0 Å². The largest absolute Gasteiger partial charge is 0.356 e. The van der Waals surface area contributed by atoms with E-state index in [1.807, 2.05) is 24.3 Å². The van der Waals surface area contributed by atoms with E-state index in [1.54, 1.807) is 0 Å². The van der Waals surface area contributed by atoms with E-state index in [-0.39, 0.29) is 0 Å². The predicted octanol–water partition coefficient (Wildman–Crippen LogP) is 0.276. The van der Waals surface area contributed by atoms with Crippen LogP contribution in [0.3, 0.4) is 0 Å². The van der Waals surface area contributed by atoms with Gasteiger partial charge in [-0.15, -0.1) is 0 Å². The number of rotatable bonds is 5. The first kappa shape index (κ1) is 14.0. The van der Waals surface area contributed by atoms with Gasteiger partial charge in [-0.25, -0.2) is 0 Å². The number of quaternary nitrogens is 1. The number of likely N-dealkylation sites (N-methyl/N-ethyl adjacent to an activating group) is 1. The lowest BCUT2D eigenvalue weighted by molar-refractivity contribution is -0.856. The molecule has 0 radical (unpaired) electrons. The van der Waals surface area contributed by atoms with Crippen LogP contribution in [0.5, 0.6) is 0 Å². The molecule has 0 saturated carbocycles. The van der Waals surface area contributed by atoms with Crippen LogP contribution in [-0.4, -0.2) is 32.3 Å². The Bertz CT molecular complexity index is 353. The molecule has 0 atom stereocenters. The molecule has 1 aromatic carbocycles. The number of benzene rings is 1. The Kier molecular flexibility index (Phi) is 6.04. The van der Waals surface area contributed by atoms with Gasteiger partial charge in [-0.05, 0) is 36.5 Å². The van der Waals surface area contributed by atoms with Crippen LogP contribution in [0.4, 0.5) is 5.69 Å². The molecule has 6 heteroatoms. The Morgan fingerprint density at radius 2 is 1.94 bits per heavy atom. The van der Waals surface area contributed by atoms with Gasteiger partial charge in [0.15, 0.2) is 5.11 Å². The van der Waals surface area contributed by atoms with Crippen LogP contribution < -0.4 is 21.1 Å². The van der Waals surface area contributed by atoms with Gasteiger partial charge in [0.05, 0.1) is 32.9 Å². The average molecular weight is 274 g/mol. The lowest BCUT2D eigenvalue weighted by Crippen LogP contribution is -3.06. The van der Waals surface area contributed by atoms with E-state index < -0.39 is 0 Å². The van der Waals surface area contributed by atoms with Gasteiger partial charge in [0.2, 0.25) is 0 Å². The van der Waals surface area contributed by atoms with Gasteiger partial charge in [-0.1, -0.05) is 11.6 Å². The molecule has 1 rings (SSSR count). The number of nitrogens with one attached hydrogen (secondary N) is 4. The van der Waals surface area contributed by atoms with Crippen LogP contribution in [0.15, 0.2) is 24.3 Å². The maximum Gasteiger partial charge on any atom is 0.185 e. The van der Waals surface area contributed by atoms with Gasteiger partial charge in [0.25, 0.3) is 0 Å². The summed E-state index contributed by atoms with van der Waals surface area (Å²) in [6, 6.07) is 7.39. The Labute approximate surface area is 112 Å². The van der Waals surface area contributed by atoms with Crippen molar-refractivity contribution in [3.63, 3.8) is 0 Å². The zero-order valence-electron chi connectivity index (χ0n) is 10.0. The summed E-state index contributed by atoms with van der Waals surface area (Å²) in [5.41, 5.74) is 6.81. The minimum absolute atomic E-state index is 0.584. The highest BCUT2D eigenvalue weighted by molar-refractivity contribution is 7.80. The van der Waals surface area contributed by atoms with Crippen molar-refractivity contribution in [2.75, 3.05) is 32.6 Å². The van der Waals surface area contributed by atoms with E-state index in [4.69, 9.17) is 23.8 Å². The van der Waals surface area contributed by atoms with Crippen molar-refractivity contribution in [1.29, 1.82) is 0 Å². The van der Waals surface area contributed by atoms with E-state index >= 15 is 0 Å². The Morgan fingerprint density at radius 1 is 1.29 bits per heavy atom. The Hall–Kier alpha value is -1.04. The number of hydrogen-bond acceptors (Lipinski definition) is 2.